The normalized spacial score (nSPS) is 31.9. The second kappa shape index (κ2) is 4.97. The molecule has 0 bridgehead atoms. The Morgan fingerprint density at radius 2 is 2.27 bits per heavy atom. The van der Waals surface area contributed by atoms with Gasteiger partial charge in [0.2, 0.25) is 0 Å². The number of carbonyl (C=O) groups is 1. The summed E-state index contributed by atoms with van der Waals surface area (Å²) in [5, 5.41) is 12.5. The van der Waals surface area contributed by atoms with Gasteiger partial charge in [0.15, 0.2) is 0 Å². The summed E-state index contributed by atoms with van der Waals surface area (Å²) < 4.78 is 0. The Morgan fingerprint density at radius 3 is 2.73 bits per heavy atom. The van der Waals surface area contributed by atoms with Crippen molar-refractivity contribution in [2.45, 2.75) is 52.0 Å². The smallest absolute Gasteiger partial charge is 0.323 e. The zero-order chi connectivity index (χ0) is 11.5. The van der Waals surface area contributed by atoms with Gasteiger partial charge in [0.1, 0.15) is 5.54 Å². The Bertz CT molecular complexity index is 224. The Morgan fingerprint density at radius 1 is 1.60 bits per heavy atom. The summed E-state index contributed by atoms with van der Waals surface area (Å²) in [4.78, 5) is 11.4. The Labute approximate surface area is 92.3 Å². The molecule has 3 heteroatoms. The predicted octanol–water partition coefficient (Wildman–Crippen LogP) is 2.27. The number of hydrogen-bond donors (Lipinski definition) is 2. The molecule has 1 aliphatic carbocycles. The summed E-state index contributed by atoms with van der Waals surface area (Å²) in [7, 11) is 0. The summed E-state index contributed by atoms with van der Waals surface area (Å²) in [5.74, 6) is 0.464. The van der Waals surface area contributed by atoms with Crippen LogP contribution in [0.3, 0.4) is 0 Å². The van der Waals surface area contributed by atoms with Crippen LogP contribution in [0, 0.1) is 11.8 Å². The molecule has 0 aromatic rings. The monoisotopic (exact) mass is 213 g/mol. The van der Waals surface area contributed by atoms with Crippen LogP contribution in [0.2, 0.25) is 0 Å². The van der Waals surface area contributed by atoms with E-state index in [-0.39, 0.29) is 0 Å². The minimum atomic E-state index is -0.672. The highest BCUT2D eigenvalue weighted by atomic mass is 16.4. The summed E-state index contributed by atoms with van der Waals surface area (Å²) in [5.41, 5.74) is -0.651. The quantitative estimate of drug-likeness (QED) is 0.753. The van der Waals surface area contributed by atoms with Crippen LogP contribution in [0.4, 0.5) is 0 Å². The number of carboxylic acids is 1. The lowest BCUT2D eigenvalue weighted by atomic mass is 9.71. The van der Waals surface area contributed by atoms with Crippen molar-refractivity contribution in [1.82, 2.24) is 5.32 Å². The third kappa shape index (κ3) is 2.71. The molecule has 1 saturated carbocycles. The maximum Gasteiger partial charge on any atom is 0.323 e. The van der Waals surface area contributed by atoms with Crippen molar-refractivity contribution in [3.05, 3.63) is 0 Å². The van der Waals surface area contributed by atoms with Crippen molar-refractivity contribution in [2.24, 2.45) is 11.8 Å². The first-order valence-electron chi connectivity index (χ1n) is 6.00. The van der Waals surface area contributed by atoms with Gasteiger partial charge in [-0.15, -0.1) is 0 Å². The maximum atomic E-state index is 11.4. The molecule has 0 spiro atoms. The molecule has 0 aromatic carbocycles. The lowest BCUT2D eigenvalue weighted by molar-refractivity contribution is -0.147. The van der Waals surface area contributed by atoms with E-state index in [1.54, 1.807) is 0 Å². The van der Waals surface area contributed by atoms with E-state index in [1.807, 2.05) is 6.92 Å². The fraction of sp³-hybridized carbons (Fsp3) is 0.917. The van der Waals surface area contributed by atoms with Gasteiger partial charge in [-0.3, -0.25) is 4.79 Å². The number of rotatable bonds is 4. The van der Waals surface area contributed by atoms with Crippen LogP contribution in [0.1, 0.15) is 46.5 Å². The predicted molar refractivity (Wildman–Crippen MR) is 60.8 cm³/mol. The molecule has 2 N–H and O–H groups in total. The van der Waals surface area contributed by atoms with Crippen LogP contribution in [-0.4, -0.2) is 23.2 Å². The Kier molecular flexibility index (Phi) is 4.14. The molecule has 3 nitrogen and oxygen atoms in total. The summed E-state index contributed by atoms with van der Waals surface area (Å²) in [6.07, 6.45) is 3.77. The fourth-order valence-electron chi connectivity index (χ4n) is 2.66. The first-order chi connectivity index (χ1) is 7.02. The van der Waals surface area contributed by atoms with Gasteiger partial charge in [-0.05, 0) is 31.2 Å². The molecule has 0 saturated heterocycles. The molecule has 0 heterocycles. The highest BCUT2D eigenvalue weighted by molar-refractivity contribution is 5.79. The number of carboxylic acid groups (broad SMARTS) is 1. The molecular weight excluding hydrogens is 190 g/mol. The van der Waals surface area contributed by atoms with Crippen LogP contribution < -0.4 is 5.32 Å². The second-order valence-electron chi connectivity index (χ2n) is 5.02. The van der Waals surface area contributed by atoms with Gasteiger partial charge in [-0.1, -0.05) is 33.6 Å². The third-order valence-electron chi connectivity index (χ3n) is 3.66. The Balaban J connectivity index is 2.75. The van der Waals surface area contributed by atoms with E-state index in [2.05, 4.69) is 19.2 Å². The van der Waals surface area contributed by atoms with Crippen LogP contribution in [0.15, 0.2) is 0 Å². The summed E-state index contributed by atoms with van der Waals surface area (Å²) >= 11 is 0. The highest BCUT2D eigenvalue weighted by Gasteiger charge is 2.42. The maximum absolute atomic E-state index is 11.4. The topological polar surface area (TPSA) is 49.3 Å². The summed E-state index contributed by atoms with van der Waals surface area (Å²) in [6.45, 7) is 7.09. The van der Waals surface area contributed by atoms with Gasteiger partial charge in [-0.2, -0.15) is 0 Å². The van der Waals surface area contributed by atoms with Crippen molar-refractivity contribution in [3.63, 3.8) is 0 Å². The molecule has 1 rings (SSSR count). The molecule has 15 heavy (non-hydrogen) atoms. The molecule has 0 radical (unpaired) electrons. The lowest BCUT2D eigenvalue weighted by Crippen LogP contribution is -2.55. The van der Waals surface area contributed by atoms with E-state index in [1.165, 1.54) is 6.42 Å². The van der Waals surface area contributed by atoms with E-state index in [0.717, 1.165) is 25.8 Å². The molecule has 1 aliphatic rings. The first kappa shape index (κ1) is 12.5. The van der Waals surface area contributed by atoms with Gasteiger partial charge in [0.25, 0.3) is 0 Å². The molecule has 0 aliphatic heterocycles. The van der Waals surface area contributed by atoms with E-state index in [4.69, 9.17) is 0 Å². The molecule has 1 fully saturated rings. The minimum Gasteiger partial charge on any atom is -0.480 e. The van der Waals surface area contributed by atoms with Crippen LogP contribution in [0.5, 0.6) is 0 Å². The van der Waals surface area contributed by atoms with E-state index >= 15 is 0 Å². The first-order valence-corrected chi connectivity index (χ1v) is 6.00. The average molecular weight is 213 g/mol. The number of aliphatic carboxylic acids is 1. The summed E-state index contributed by atoms with van der Waals surface area (Å²) in [6, 6.07) is 0. The van der Waals surface area contributed by atoms with Crippen molar-refractivity contribution in [2.75, 3.05) is 6.54 Å². The van der Waals surface area contributed by atoms with Crippen molar-refractivity contribution < 1.29 is 9.90 Å². The van der Waals surface area contributed by atoms with Crippen molar-refractivity contribution >= 4 is 5.97 Å². The van der Waals surface area contributed by atoms with E-state index in [9.17, 15) is 9.90 Å². The number of hydrogen-bond acceptors (Lipinski definition) is 2. The molecule has 0 aromatic heterocycles. The van der Waals surface area contributed by atoms with Crippen LogP contribution in [0.25, 0.3) is 0 Å². The van der Waals surface area contributed by atoms with Crippen LogP contribution >= 0.6 is 0 Å². The fourth-order valence-corrected chi connectivity index (χ4v) is 2.66. The third-order valence-corrected chi connectivity index (χ3v) is 3.66. The van der Waals surface area contributed by atoms with Crippen molar-refractivity contribution in [1.29, 1.82) is 0 Å². The van der Waals surface area contributed by atoms with Gasteiger partial charge >= 0.3 is 5.97 Å². The van der Waals surface area contributed by atoms with E-state index in [0.29, 0.717) is 11.8 Å². The zero-order valence-corrected chi connectivity index (χ0v) is 10.0. The standard InChI is InChI=1S/C12H23NO2/c1-4-13-12(11(14)15)7-5-6-10(8-12)9(2)3/h9-10,13H,4-8H2,1-3H3,(H,14,15). The highest BCUT2D eigenvalue weighted by Crippen LogP contribution is 2.36. The molecular formula is C12H23NO2. The van der Waals surface area contributed by atoms with Gasteiger partial charge in [-0.25, -0.2) is 0 Å². The average Bonchev–Trinajstić information content (AvgIpc) is 2.18. The molecule has 2 atom stereocenters. The SMILES string of the molecule is CCNC1(C(=O)O)CCCC(C(C)C)C1. The van der Waals surface area contributed by atoms with Gasteiger partial charge in [0, 0.05) is 0 Å². The molecule has 88 valence electrons. The van der Waals surface area contributed by atoms with E-state index < -0.39 is 11.5 Å². The van der Waals surface area contributed by atoms with Crippen molar-refractivity contribution in [3.8, 4) is 0 Å². The molecule has 2 unspecified atom stereocenters. The molecule has 0 amide bonds. The number of likely N-dealkylation sites (N-methyl/N-ethyl adjacent to an activating group) is 1. The zero-order valence-electron chi connectivity index (χ0n) is 10.0. The van der Waals surface area contributed by atoms with Crippen LogP contribution in [-0.2, 0) is 4.79 Å². The Hall–Kier alpha value is -0.570. The lowest BCUT2D eigenvalue weighted by Gasteiger charge is -2.39. The van der Waals surface area contributed by atoms with Gasteiger partial charge < -0.3 is 10.4 Å². The minimum absolute atomic E-state index is 0.550. The second-order valence-corrected chi connectivity index (χ2v) is 5.02. The number of nitrogens with one attached hydrogen (secondary N) is 1. The largest absolute Gasteiger partial charge is 0.480 e. The van der Waals surface area contributed by atoms with Gasteiger partial charge in [0.05, 0.1) is 0 Å².